The number of methoxy groups -OCH3 is 1. The van der Waals surface area contributed by atoms with Crippen LogP contribution in [0.25, 0.3) is 0 Å². The summed E-state index contributed by atoms with van der Waals surface area (Å²) in [6, 6.07) is 18.5. The molecule has 5 rings (SSSR count). The summed E-state index contributed by atoms with van der Waals surface area (Å²) in [6.45, 7) is 3.06. The summed E-state index contributed by atoms with van der Waals surface area (Å²) in [5.41, 5.74) is 2.56. The van der Waals surface area contributed by atoms with Crippen LogP contribution in [0.3, 0.4) is 0 Å². The van der Waals surface area contributed by atoms with Gasteiger partial charge >= 0.3 is 0 Å². The number of ether oxygens (including phenoxy) is 2. The molecule has 1 amide bonds. The Labute approximate surface area is 165 Å². The lowest BCUT2D eigenvalue weighted by Gasteiger charge is -2.51. The topological polar surface area (TPSA) is 50.8 Å². The summed E-state index contributed by atoms with van der Waals surface area (Å²) in [4.78, 5) is 16.1. The van der Waals surface area contributed by atoms with Crippen molar-refractivity contribution in [2.45, 2.75) is 43.0 Å². The average Bonchev–Trinajstić information content (AvgIpc) is 3.23. The van der Waals surface area contributed by atoms with Crippen LogP contribution in [0.15, 0.2) is 54.6 Å². The van der Waals surface area contributed by atoms with E-state index in [4.69, 9.17) is 9.47 Å². The Morgan fingerprint density at radius 2 is 1.93 bits per heavy atom. The molecule has 0 bridgehead atoms. The SMILES string of the molecule is COCNC12Cc3ccccc3[C@@H]1CC1(C)CO[C@H](c3ccccc3)N1C2=O. The number of piperidine rings is 1. The lowest BCUT2D eigenvalue weighted by Crippen LogP contribution is -2.69. The minimum absolute atomic E-state index is 0.116. The molecule has 28 heavy (non-hydrogen) atoms. The van der Waals surface area contributed by atoms with Gasteiger partial charge in [-0.15, -0.1) is 0 Å². The standard InChI is InChI=1S/C23H26N2O3/c1-22-13-19-18-11-7-6-10-17(18)12-23(19,24-15-27-2)21(26)25(22)20(28-14-22)16-8-4-3-5-9-16/h3-11,19-20,24H,12-15H2,1-2H3/t19-,20+,22?,23?/m0/s1. The van der Waals surface area contributed by atoms with Gasteiger partial charge in [0.05, 0.1) is 18.9 Å². The van der Waals surface area contributed by atoms with Gasteiger partial charge in [0.25, 0.3) is 0 Å². The molecule has 0 radical (unpaired) electrons. The summed E-state index contributed by atoms with van der Waals surface area (Å²) in [7, 11) is 1.66. The third-order valence-corrected chi connectivity index (χ3v) is 6.72. The summed E-state index contributed by atoms with van der Waals surface area (Å²) >= 11 is 0. The maximum absolute atomic E-state index is 14.1. The largest absolute Gasteiger partial charge is 0.370 e. The van der Waals surface area contributed by atoms with Crippen LogP contribution in [0.4, 0.5) is 0 Å². The Kier molecular flexibility index (Phi) is 4.09. The molecular formula is C23H26N2O3. The molecule has 0 aromatic heterocycles. The van der Waals surface area contributed by atoms with Crippen molar-refractivity contribution >= 4 is 5.91 Å². The molecule has 1 aliphatic carbocycles. The molecule has 3 aliphatic rings. The second-order valence-electron chi connectivity index (χ2n) is 8.46. The lowest BCUT2D eigenvalue weighted by molar-refractivity contribution is -0.156. The van der Waals surface area contributed by atoms with E-state index in [2.05, 4.69) is 36.5 Å². The number of nitrogens with one attached hydrogen (secondary N) is 1. The molecule has 1 N–H and O–H groups in total. The molecule has 2 aromatic carbocycles. The van der Waals surface area contributed by atoms with Gasteiger partial charge in [-0.1, -0.05) is 54.6 Å². The highest BCUT2D eigenvalue weighted by atomic mass is 16.5. The second-order valence-corrected chi connectivity index (χ2v) is 8.46. The number of carbonyl (C=O) groups is 1. The first-order chi connectivity index (χ1) is 13.6. The van der Waals surface area contributed by atoms with E-state index in [1.807, 2.05) is 35.2 Å². The van der Waals surface area contributed by atoms with Crippen LogP contribution in [-0.2, 0) is 20.7 Å². The number of carbonyl (C=O) groups excluding carboxylic acids is 1. The Morgan fingerprint density at radius 3 is 2.71 bits per heavy atom. The Bertz CT molecular complexity index is 902. The molecule has 2 saturated heterocycles. The molecule has 4 atom stereocenters. The quantitative estimate of drug-likeness (QED) is 0.831. The van der Waals surface area contributed by atoms with Gasteiger partial charge in [-0.05, 0) is 24.5 Å². The highest BCUT2D eigenvalue weighted by molar-refractivity contribution is 5.92. The number of benzene rings is 2. The number of hydrogen-bond donors (Lipinski definition) is 1. The fourth-order valence-corrected chi connectivity index (χ4v) is 5.41. The zero-order valence-corrected chi connectivity index (χ0v) is 16.4. The van der Waals surface area contributed by atoms with Gasteiger partial charge < -0.3 is 14.4 Å². The first-order valence-corrected chi connectivity index (χ1v) is 9.91. The molecule has 2 aliphatic heterocycles. The number of fused-ring (bicyclic) bond motifs is 4. The van der Waals surface area contributed by atoms with E-state index in [-0.39, 0.29) is 23.6 Å². The van der Waals surface area contributed by atoms with Crippen molar-refractivity contribution in [2.24, 2.45) is 0 Å². The second kappa shape index (κ2) is 6.41. The molecule has 0 spiro atoms. The van der Waals surface area contributed by atoms with E-state index in [0.717, 1.165) is 12.0 Å². The van der Waals surface area contributed by atoms with Crippen LogP contribution in [-0.4, -0.2) is 42.3 Å². The summed E-state index contributed by atoms with van der Waals surface area (Å²) in [5.74, 6) is 0.233. The van der Waals surface area contributed by atoms with Crippen LogP contribution < -0.4 is 5.32 Å². The molecule has 146 valence electrons. The van der Waals surface area contributed by atoms with Crippen molar-refractivity contribution in [3.8, 4) is 0 Å². The van der Waals surface area contributed by atoms with Gasteiger partial charge in [0.2, 0.25) is 5.91 Å². The average molecular weight is 378 g/mol. The molecule has 2 aromatic rings. The van der Waals surface area contributed by atoms with Crippen LogP contribution >= 0.6 is 0 Å². The van der Waals surface area contributed by atoms with Gasteiger partial charge in [-0.3, -0.25) is 10.1 Å². The Balaban J connectivity index is 1.60. The van der Waals surface area contributed by atoms with Gasteiger partial charge in [0, 0.05) is 25.0 Å². The molecule has 0 saturated carbocycles. The maximum atomic E-state index is 14.1. The fraction of sp³-hybridized carbons (Fsp3) is 0.435. The van der Waals surface area contributed by atoms with Crippen LogP contribution in [0.5, 0.6) is 0 Å². The monoisotopic (exact) mass is 378 g/mol. The van der Waals surface area contributed by atoms with E-state index < -0.39 is 5.54 Å². The summed E-state index contributed by atoms with van der Waals surface area (Å²) in [5, 5.41) is 3.48. The third kappa shape index (κ3) is 2.40. The van der Waals surface area contributed by atoms with Gasteiger partial charge in [-0.25, -0.2) is 0 Å². The fourth-order valence-electron chi connectivity index (χ4n) is 5.41. The van der Waals surface area contributed by atoms with E-state index in [1.54, 1.807) is 7.11 Å². The van der Waals surface area contributed by atoms with E-state index >= 15 is 0 Å². The molecule has 5 nitrogen and oxygen atoms in total. The summed E-state index contributed by atoms with van der Waals surface area (Å²) in [6.07, 6.45) is 1.21. The molecule has 5 heteroatoms. The van der Waals surface area contributed by atoms with Crippen molar-refractivity contribution in [1.82, 2.24) is 10.2 Å². The minimum atomic E-state index is -0.681. The predicted molar refractivity (Wildman–Crippen MR) is 106 cm³/mol. The Morgan fingerprint density at radius 1 is 1.18 bits per heavy atom. The van der Waals surface area contributed by atoms with Crippen molar-refractivity contribution in [1.29, 1.82) is 0 Å². The van der Waals surface area contributed by atoms with Gasteiger partial charge in [0.1, 0.15) is 5.54 Å². The normalized spacial score (nSPS) is 33.5. The maximum Gasteiger partial charge on any atom is 0.246 e. The zero-order chi connectivity index (χ0) is 19.4. The highest BCUT2D eigenvalue weighted by Crippen LogP contribution is 2.55. The van der Waals surface area contributed by atoms with Crippen molar-refractivity contribution < 1.29 is 14.3 Å². The molecule has 2 fully saturated rings. The van der Waals surface area contributed by atoms with Crippen LogP contribution in [0.2, 0.25) is 0 Å². The van der Waals surface area contributed by atoms with Crippen molar-refractivity contribution in [3.63, 3.8) is 0 Å². The van der Waals surface area contributed by atoms with Crippen LogP contribution in [0.1, 0.15) is 42.2 Å². The van der Waals surface area contributed by atoms with Crippen molar-refractivity contribution in [3.05, 3.63) is 71.3 Å². The van der Waals surface area contributed by atoms with Crippen LogP contribution in [0, 0.1) is 0 Å². The first-order valence-electron chi connectivity index (χ1n) is 9.91. The number of amides is 1. The minimum Gasteiger partial charge on any atom is -0.370 e. The number of nitrogens with zero attached hydrogens (tertiary/aromatic N) is 1. The zero-order valence-electron chi connectivity index (χ0n) is 16.4. The lowest BCUT2D eigenvalue weighted by atomic mass is 9.71. The first kappa shape index (κ1) is 17.9. The molecular weight excluding hydrogens is 352 g/mol. The predicted octanol–water partition coefficient (Wildman–Crippen LogP) is 2.98. The number of hydrogen-bond acceptors (Lipinski definition) is 4. The molecule has 2 heterocycles. The van der Waals surface area contributed by atoms with E-state index in [1.165, 1.54) is 11.1 Å². The van der Waals surface area contributed by atoms with Crippen molar-refractivity contribution in [2.75, 3.05) is 20.4 Å². The highest BCUT2D eigenvalue weighted by Gasteiger charge is 2.64. The number of rotatable bonds is 4. The third-order valence-electron chi connectivity index (χ3n) is 6.72. The van der Waals surface area contributed by atoms with Gasteiger partial charge in [-0.2, -0.15) is 0 Å². The van der Waals surface area contributed by atoms with E-state index in [0.29, 0.717) is 19.8 Å². The molecule has 2 unspecified atom stereocenters. The Hall–Kier alpha value is -2.21. The summed E-state index contributed by atoms with van der Waals surface area (Å²) < 4.78 is 11.5. The van der Waals surface area contributed by atoms with Gasteiger partial charge in [0.15, 0.2) is 6.23 Å². The smallest absolute Gasteiger partial charge is 0.246 e. The van der Waals surface area contributed by atoms with E-state index in [9.17, 15) is 4.79 Å².